The van der Waals surface area contributed by atoms with Crippen LogP contribution in [0.25, 0.3) is 10.8 Å². The molecule has 2 nitrogen and oxygen atoms in total. The van der Waals surface area contributed by atoms with Crippen LogP contribution in [0, 0.1) is 0 Å². The Morgan fingerprint density at radius 2 is 1.71 bits per heavy atom. The summed E-state index contributed by atoms with van der Waals surface area (Å²) in [6.07, 6.45) is 2.61. The molecule has 0 radical (unpaired) electrons. The highest BCUT2D eigenvalue weighted by Gasteiger charge is 2.11. The van der Waals surface area contributed by atoms with Crippen LogP contribution in [0.5, 0.6) is 5.75 Å². The van der Waals surface area contributed by atoms with Gasteiger partial charge in [0.05, 0.1) is 0 Å². The van der Waals surface area contributed by atoms with Gasteiger partial charge in [0.1, 0.15) is 12.5 Å². The third kappa shape index (κ3) is 2.42. The van der Waals surface area contributed by atoms with E-state index in [-0.39, 0.29) is 0 Å². The van der Waals surface area contributed by atoms with Gasteiger partial charge in [0.25, 0.3) is 0 Å². The predicted molar refractivity (Wildman–Crippen MR) is 70.3 cm³/mol. The molecule has 1 aliphatic heterocycles. The summed E-state index contributed by atoms with van der Waals surface area (Å²) in [7, 11) is 0. The summed E-state index contributed by atoms with van der Waals surface area (Å²) in [4.78, 5) is 2.36. The molecule has 88 valence electrons. The fourth-order valence-corrected chi connectivity index (χ4v) is 2.33. The first-order chi connectivity index (χ1) is 8.42. The maximum Gasteiger partial charge on any atom is 0.142 e. The molecule has 2 heteroatoms. The van der Waals surface area contributed by atoms with Gasteiger partial charge in [-0.05, 0) is 35.7 Å². The summed E-state index contributed by atoms with van der Waals surface area (Å²) in [5, 5.41) is 2.51. The van der Waals surface area contributed by atoms with Crippen molar-refractivity contribution < 1.29 is 4.74 Å². The summed E-state index contributed by atoms with van der Waals surface area (Å²) < 4.78 is 5.82. The largest absolute Gasteiger partial charge is 0.478 e. The molecule has 0 saturated carbocycles. The third-order valence-corrected chi connectivity index (χ3v) is 3.33. The number of fused-ring (bicyclic) bond motifs is 1. The van der Waals surface area contributed by atoms with E-state index < -0.39 is 0 Å². The van der Waals surface area contributed by atoms with E-state index in [2.05, 4.69) is 47.4 Å². The van der Waals surface area contributed by atoms with Crippen LogP contribution in [-0.4, -0.2) is 24.7 Å². The highest BCUT2D eigenvalue weighted by Crippen LogP contribution is 2.21. The number of hydrogen-bond donors (Lipinski definition) is 0. The van der Waals surface area contributed by atoms with Crippen molar-refractivity contribution >= 4 is 10.8 Å². The minimum atomic E-state index is 0.721. The zero-order chi connectivity index (χ0) is 11.5. The van der Waals surface area contributed by atoms with Gasteiger partial charge in [-0.3, -0.25) is 4.90 Å². The SMILES string of the molecule is c1ccc2cc(OCN3CCCC3)ccc2c1. The van der Waals surface area contributed by atoms with Crippen molar-refractivity contribution in [3.63, 3.8) is 0 Å². The van der Waals surface area contributed by atoms with Crippen molar-refractivity contribution in [2.24, 2.45) is 0 Å². The van der Waals surface area contributed by atoms with E-state index in [9.17, 15) is 0 Å². The lowest BCUT2D eigenvalue weighted by Crippen LogP contribution is -2.24. The maximum absolute atomic E-state index is 5.82. The van der Waals surface area contributed by atoms with E-state index >= 15 is 0 Å². The first-order valence-corrected chi connectivity index (χ1v) is 6.26. The molecule has 0 unspecified atom stereocenters. The van der Waals surface area contributed by atoms with Gasteiger partial charge in [-0.25, -0.2) is 0 Å². The van der Waals surface area contributed by atoms with Crippen LogP contribution in [0.3, 0.4) is 0 Å². The molecule has 0 amide bonds. The van der Waals surface area contributed by atoms with Crippen LogP contribution in [0.1, 0.15) is 12.8 Å². The lowest BCUT2D eigenvalue weighted by Gasteiger charge is -2.15. The normalized spacial score (nSPS) is 16.5. The summed E-state index contributed by atoms with van der Waals surface area (Å²) in [5.41, 5.74) is 0. The summed E-state index contributed by atoms with van der Waals surface area (Å²) >= 11 is 0. The molecular weight excluding hydrogens is 210 g/mol. The maximum atomic E-state index is 5.82. The predicted octanol–water partition coefficient (Wildman–Crippen LogP) is 3.27. The van der Waals surface area contributed by atoms with E-state index in [1.54, 1.807) is 0 Å². The first kappa shape index (κ1) is 10.6. The summed E-state index contributed by atoms with van der Waals surface area (Å²) in [5.74, 6) is 0.968. The number of nitrogens with zero attached hydrogens (tertiary/aromatic N) is 1. The van der Waals surface area contributed by atoms with Crippen molar-refractivity contribution in [3.8, 4) is 5.75 Å². The van der Waals surface area contributed by atoms with Gasteiger partial charge in [-0.1, -0.05) is 30.3 Å². The highest BCUT2D eigenvalue weighted by atomic mass is 16.5. The molecule has 1 heterocycles. The second kappa shape index (κ2) is 4.76. The zero-order valence-corrected chi connectivity index (χ0v) is 9.93. The minimum absolute atomic E-state index is 0.721. The van der Waals surface area contributed by atoms with Crippen molar-refractivity contribution in [2.75, 3.05) is 19.8 Å². The standard InChI is InChI=1S/C15H17NO/c1-2-6-14-11-15(8-7-13(14)5-1)17-12-16-9-3-4-10-16/h1-2,5-8,11H,3-4,9-10,12H2. The van der Waals surface area contributed by atoms with E-state index in [0.717, 1.165) is 12.5 Å². The molecule has 17 heavy (non-hydrogen) atoms. The number of likely N-dealkylation sites (tertiary alicyclic amines) is 1. The molecular formula is C15H17NO. The van der Waals surface area contributed by atoms with Crippen LogP contribution in [-0.2, 0) is 0 Å². The molecule has 0 spiro atoms. The van der Waals surface area contributed by atoms with Crippen LogP contribution < -0.4 is 4.74 Å². The molecule has 2 aromatic rings. The fourth-order valence-electron chi connectivity index (χ4n) is 2.33. The van der Waals surface area contributed by atoms with Crippen molar-refractivity contribution in [1.82, 2.24) is 4.90 Å². The zero-order valence-electron chi connectivity index (χ0n) is 9.93. The number of rotatable bonds is 3. The monoisotopic (exact) mass is 227 g/mol. The molecule has 0 aromatic heterocycles. The molecule has 2 aromatic carbocycles. The smallest absolute Gasteiger partial charge is 0.142 e. The second-order valence-electron chi connectivity index (χ2n) is 4.61. The number of benzene rings is 2. The second-order valence-corrected chi connectivity index (χ2v) is 4.61. The lowest BCUT2D eigenvalue weighted by molar-refractivity contribution is 0.152. The molecule has 3 rings (SSSR count). The Bertz CT molecular complexity index is 503. The lowest BCUT2D eigenvalue weighted by atomic mass is 10.1. The Labute approximate surface area is 102 Å². The van der Waals surface area contributed by atoms with Gasteiger partial charge in [0.2, 0.25) is 0 Å². The molecule has 1 fully saturated rings. The Balaban J connectivity index is 1.72. The Kier molecular flexibility index (Phi) is 2.97. The van der Waals surface area contributed by atoms with E-state index in [0.29, 0.717) is 0 Å². The first-order valence-electron chi connectivity index (χ1n) is 6.26. The average Bonchev–Trinajstić information content (AvgIpc) is 2.89. The molecule has 0 bridgehead atoms. The van der Waals surface area contributed by atoms with Gasteiger partial charge in [-0.2, -0.15) is 0 Å². The van der Waals surface area contributed by atoms with Crippen LogP contribution in [0.15, 0.2) is 42.5 Å². The average molecular weight is 227 g/mol. The molecule has 1 saturated heterocycles. The van der Waals surface area contributed by atoms with Crippen molar-refractivity contribution in [1.29, 1.82) is 0 Å². The Morgan fingerprint density at radius 3 is 2.53 bits per heavy atom. The molecule has 0 aliphatic carbocycles. The van der Waals surface area contributed by atoms with E-state index in [4.69, 9.17) is 4.74 Å². The Morgan fingerprint density at radius 1 is 0.941 bits per heavy atom. The van der Waals surface area contributed by atoms with Gasteiger partial charge in [0, 0.05) is 13.1 Å². The van der Waals surface area contributed by atoms with Crippen LogP contribution in [0.2, 0.25) is 0 Å². The molecule has 0 N–H and O–H groups in total. The molecule has 1 aliphatic rings. The fraction of sp³-hybridized carbons (Fsp3) is 0.333. The summed E-state index contributed by atoms with van der Waals surface area (Å²) in [6.45, 7) is 3.07. The van der Waals surface area contributed by atoms with E-state index in [1.807, 2.05) is 0 Å². The quantitative estimate of drug-likeness (QED) is 0.798. The van der Waals surface area contributed by atoms with Gasteiger partial charge < -0.3 is 4.74 Å². The van der Waals surface area contributed by atoms with E-state index in [1.165, 1.54) is 36.7 Å². The van der Waals surface area contributed by atoms with Crippen molar-refractivity contribution in [2.45, 2.75) is 12.8 Å². The number of ether oxygens (including phenoxy) is 1. The summed E-state index contributed by atoms with van der Waals surface area (Å²) in [6, 6.07) is 14.7. The van der Waals surface area contributed by atoms with Gasteiger partial charge in [0.15, 0.2) is 0 Å². The highest BCUT2D eigenvalue weighted by molar-refractivity contribution is 5.83. The topological polar surface area (TPSA) is 12.5 Å². The van der Waals surface area contributed by atoms with Gasteiger partial charge >= 0.3 is 0 Å². The third-order valence-electron chi connectivity index (χ3n) is 3.33. The van der Waals surface area contributed by atoms with Crippen LogP contribution in [0.4, 0.5) is 0 Å². The van der Waals surface area contributed by atoms with Crippen molar-refractivity contribution in [3.05, 3.63) is 42.5 Å². The Hall–Kier alpha value is -1.54. The minimum Gasteiger partial charge on any atom is -0.478 e. The molecule has 0 atom stereocenters. The van der Waals surface area contributed by atoms with Gasteiger partial charge in [-0.15, -0.1) is 0 Å². The van der Waals surface area contributed by atoms with Crippen LogP contribution >= 0.6 is 0 Å². The number of hydrogen-bond acceptors (Lipinski definition) is 2.